The lowest BCUT2D eigenvalue weighted by molar-refractivity contribution is 0.0584. The summed E-state index contributed by atoms with van der Waals surface area (Å²) in [5, 5.41) is 0. The van der Waals surface area contributed by atoms with Crippen LogP contribution in [0.15, 0.2) is 0 Å². The first-order valence-corrected chi connectivity index (χ1v) is 7.87. The number of likely N-dealkylation sites (tertiary alicyclic amines) is 1. The van der Waals surface area contributed by atoms with E-state index in [1.165, 1.54) is 65.2 Å². The number of piperidine rings is 1. The predicted molar refractivity (Wildman–Crippen MR) is 78.0 cm³/mol. The van der Waals surface area contributed by atoms with Crippen molar-refractivity contribution in [2.75, 3.05) is 52.4 Å². The Labute approximate surface area is 113 Å². The zero-order valence-corrected chi connectivity index (χ0v) is 12.6. The highest BCUT2D eigenvalue weighted by Crippen LogP contribution is 2.18. The molecule has 0 bridgehead atoms. The van der Waals surface area contributed by atoms with Crippen LogP contribution < -0.4 is 0 Å². The summed E-state index contributed by atoms with van der Waals surface area (Å²) in [4.78, 5) is 7.98. The van der Waals surface area contributed by atoms with Crippen molar-refractivity contribution >= 4 is 0 Å². The monoisotopic (exact) mass is 253 g/mol. The molecule has 0 atom stereocenters. The molecule has 2 heterocycles. The summed E-state index contributed by atoms with van der Waals surface area (Å²) in [6.45, 7) is 17.2. The molecule has 0 amide bonds. The lowest BCUT2D eigenvalue weighted by Crippen LogP contribution is -2.53. The summed E-state index contributed by atoms with van der Waals surface area (Å²) in [6.07, 6.45) is 2.78. The lowest BCUT2D eigenvalue weighted by Gasteiger charge is -2.42. The Hall–Kier alpha value is -0.120. The minimum Gasteiger partial charge on any atom is -0.303 e. The van der Waals surface area contributed by atoms with E-state index in [9.17, 15) is 0 Å². The van der Waals surface area contributed by atoms with Gasteiger partial charge in [-0.25, -0.2) is 0 Å². The highest BCUT2D eigenvalue weighted by atomic mass is 15.3. The Morgan fingerprint density at radius 2 is 1.50 bits per heavy atom. The van der Waals surface area contributed by atoms with E-state index in [2.05, 4.69) is 35.5 Å². The zero-order valence-electron chi connectivity index (χ0n) is 12.6. The maximum Gasteiger partial charge on any atom is 0.0121 e. The van der Waals surface area contributed by atoms with Gasteiger partial charge >= 0.3 is 0 Å². The van der Waals surface area contributed by atoms with E-state index >= 15 is 0 Å². The molecule has 0 radical (unpaired) electrons. The van der Waals surface area contributed by atoms with Gasteiger partial charge in [0.1, 0.15) is 0 Å². The molecule has 106 valence electrons. The van der Waals surface area contributed by atoms with Crippen LogP contribution in [0.1, 0.15) is 33.6 Å². The summed E-state index contributed by atoms with van der Waals surface area (Å²) in [7, 11) is 0. The van der Waals surface area contributed by atoms with Crippen LogP contribution in [0, 0.1) is 5.92 Å². The average Bonchev–Trinajstić information content (AvgIpc) is 2.39. The van der Waals surface area contributed by atoms with Gasteiger partial charge in [-0.3, -0.25) is 4.90 Å². The first-order valence-electron chi connectivity index (χ1n) is 7.87. The fourth-order valence-electron chi connectivity index (χ4n) is 3.43. The molecular formula is C15H31N3. The van der Waals surface area contributed by atoms with Gasteiger partial charge in [0.2, 0.25) is 0 Å². The standard InChI is InChI=1S/C15H31N3/c1-4-16-9-11-18(12-10-16)15-5-7-17(8-6-15)13-14(2)3/h14-15H,4-13H2,1-3H3. The average molecular weight is 253 g/mol. The van der Waals surface area contributed by atoms with Gasteiger partial charge in [0, 0.05) is 38.8 Å². The Bertz CT molecular complexity index is 226. The van der Waals surface area contributed by atoms with Gasteiger partial charge in [0.15, 0.2) is 0 Å². The van der Waals surface area contributed by atoms with E-state index in [4.69, 9.17) is 0 Å². The van der Waals surface area contributed by atoms with Gasteiger partial charge in [-0.15, -0.1) is 0 Å². The molecule has 0 aliphatic carbocycles. The number of piperazine rings is 1. The van der Waals surface area contributed by atoms with Gasteiger partial charge in [-0.1, -0.05) is 20.8 Å². The van der Waals surface area contributed by atoms with Gasteiger partial charge in [-0.05, 0) is 38.4 Å². The third-order valence-electron chi connectivity index (χ3n) is 4.55. The van der Waals surface area contributed by atoms with Gasteiger partial charge < -0.3 is 9.80 Å². The van der Waals surface area contributed by atoms with Crippen molar-refractivity contribution in [3.8, 4) is 0 Å². The van der Waals surface area contributed by atoms with Crippen LogP contribution in [0.4, 0.5) is 0 Å². The SMILES string of the molecule is CCN1CCN(C2CCN(CC(C)C)CC2)CC1. The lowest BCUT2D eigenvalue weighted by atomic mass is 10.0. The van der Waals surface area contributed by atoms with Crippen LogP contribution in [-0.2, 0) is 0 Å². The normalized spacial score (nSPS) is 26.0. The van der Waals surface area contributed by atoms with Crippen molar-refractivity contribution in [2.45, 2.75) is 39.7 Å². The summed E-state index contributed by atoms with van der Waals surface area (Å²) in [5.41, 5.74) is 0. The molecule has 2 rings (SSSR count). The van der Waals surface area contributed by atoms with Crippen molar-refractivity contribution in [2.24, 2.45) is 5.92 Å². The van der Waals surface area contributed by atoms with Crippen LogP contribution >= 0.6 is 0 Å². The maximum absolute atomic E-state index is 2.75. The third kappa shape index (κ3) is 3.94. The predicted octanol–water partition coefficient (Wildman–Crippen LogP) is 1.74. The molecule has 2 aliphatic heterocycles. The van der Waals surface area contributed by atoms with Gasteiger partial charge in [0.05, 0.1) is 0 Å². The molecule has 0 spiro atoms. The summed E-state index contributed by atoms with van der Waals surface area (Å²) < 4.78 is 0. The minimum atomic E-state index is 0.814. The smallest absolute Gasteiger partial charge is 0.0121 e. The molecular weight excluding hydrogens is 222 g/mol. The molecule has 3 heteroatoms. The second-order valence-electron chi connectivity index (χ2n) is 6.40. The number of rotatable bonds is 4. The van der Waals surface area contributed by atoms with E-state index in [0.717, 1.165) is 12.0 Å². The molecule has 18 heavy (non-hydrogen) atoms. The molecule has 0 unspecified atom stereocenters. The maximum atomic E-state index is 2.75. The van der Waals surface area contributed by atoms with Crippen molar-refractivity contribution < 1.29 is 0 Å². The second-order valence-corrected chi connectivity index (χ2v) is 6.40. The molecule has 2 saturated heterocycles. The Morgan fingerprint density at radius 3 is 2.00 bits per heavy atom. The van der Waals surface area contributed by atoms with E-state index in [0.29, 0.717) is 0 Å². The molecule has 0 aromatic rings. The topological polar surface area (TPSA) is 9.72 Å². The van der Waals surface area contributed by atoms with E-state index in [-0.39, 0.29) is 0 Å². The molecule has 0 N–H and O–H groups in total. The summed E-state index contributed by atoms with van der Waals surface area (Å²) in [6, 6.07) is 0.868. The first-order chi connectivity index (χ1) is 8.69. The molecule has 3 nitrogen and oxygen atoms in total. The van der Waals surface area contributed by atoms with Crippen LogP contribution in [0.3, 0.4) is 0 Å². The number of hydrogen-bond acceptors (Lipinski definition) is 3. The van der Waals surface area contributed by atoms with E-state index in [1.54, 1.807) is 0 Å². The molecule has 0 aromatic heterocycles. The minimum absolute atomic E-state index is 0.814. The molecule has 0 saturated carbocycles. The number of nitrogens with zero attached hydrogens (tertiary/aromatic N) is 3. The fraction of sp³-hybridized carbons (Fsp3) is 1.00. The largest absolute Gasteiger partial charge is 0.303 e. The number of likely N-dealkylation sites (N-methyl/N-ethyl adjacent to an activating group) is 1. The van der Waals surface area contributed by atoms with Crippen LogP contribution in [0.5, 0.6) is 0 Å². The summed E-state index contributed by atoms with van der Waals surface area (Å²) >= 11 is 0. The third-order valence-corrected chi connectivity index (χ3v) is 4.55. The van der Waals surface area contributed by atoms with Gasteiger partial charge in [-0.2, -0.15) is 0 Å². The second kappa shape index (κ2) is 6.88. The molecule has 2 aliphatic rings. The Balaban J connectivity index is 1.70. The Morgan fingerprint density at radius 1 is 0.889 bits per heavy atom. The zero-order chi connectivity index (χ0) is 13.0. The van der Waals surface area contributed by atoms with Crippen molar-refractivity contribution in [3.63, 3.8) is 0 Å². The van der Waals surface area contributed by atoms with E-state index < -0.39 is 0 Å². The van der Waals surface area contributed by atoms with Crippen LogP contribution in [0.25, 0.3) is 0 Å². The fourth-order valence-corrected chi connectivity index (χ4v) is 3.43. The first kappa shape index (κ1) is 14.3. The summed E-state index contributed by atoms with van der Waals surface area (Å²) in [5.74, 6) is 0.814. The molecule has 2 fully saturated rings. The van der Waals surface area contributed by atoms with Crippen molar-refractivity contribution in [1.29, 1.82) is 0 Å². The highest BCUT2D eigenvalue weighted by Gasteiger charge is 2.26. The quantitative estimate of drug-likeness (QED) is 0.756. The number of hydrogen-bond donors (Lipinski definition) is 0. The van der Waals surface area contributed by atoms with Gasteiger partial charge in [0.25, 0.3) is 0 Å². The molecule has 0 aromatic carbocycles. The van der Waals surface area contributed by atoms with Crippen molar-refractivity contribution in [3.05, 3.63) is 0 Å². The van der Waals surface area contributed by atoms with Crippen LogP contribution in [0.2, 0.25) is 0 Å². The van der Waals surface area contributed by atoms with E-state index in [1.807, 2.05) is 0 Å². The van der Waals surface area contributed by atoms with Crippen molar-refractivity contribution in [1.82, 2.24) is 14.7 Å². The highest BCUT2D eigenvalue weighted by molar-refractivity contribution is 4.83. The Kier molecular flexibility index (Phi) is 5.46. The van der Waals surface area contributed by atoms with Crippen LogP contribution in [-0.4, -0.2) is 73.1 Å².